The highest BCUT2D eigenvalue weighted by molar-refractivity contribution is 7.99. The molecule has 1 heterocycles. The number of carbonyl (C=O) groups excluding carboxylic acids is 2. The maximum atomic E-state index is 12.5. The fraction of sp³-hybridized carbons (Fsp3) is 0.286. The molecule has 0 spiro atoms. The van der Waals surface area contributed by atoms with Gasteiger partial charge in [-0.05, 0) is 65.2 Å². The minimum atomic E-state index is -0.148. The van der Waals surface area contributed by atoms with Crippen molar-refractivity contribution in [2.45, 2.75) is 38.3 Å². The summed E-state index contributed by atoms with van der Waals surface area (Å²) in [5.41, 5.74) is 3.39. The standard InChI is InChI=1S/C21H23N5O2S/c1-3-4-5-16-6-12-19(13-7-16)26-21(23-24-25-26)29-14-20(28)17-8-10-18(11-9-17)22-15(2)27/h6-13H,3-5,14H2,1-2H3,(H,22,27). The predicted molar refractivity (Wildman–Crippen MR) is 114 cm³/mol. The predicted octanol–water partition coefficient (Wildman–Crippen LogP) is 3.94. The molecule has 0 bridgehead atoms. The number of Topliss-reactive ketones (excluding diaryl/α,β-unsaturated/α-hetero) is 1. The van der Waals surface area contributed by atoms with Crippen LogP contribution in [-0.2, 0) is 11.2 Å². The maximum absolute atomic E-state index is 12.5. The zero-order valence-corrected chi connectivity index (χ0v) is 17.3. The Morgan fingerprint density at radius 1 is 1.07 bits per heavy atom. The van der Waals surface area contributed by atoms with Crippen LogP contribution in [0.2, 0.25) is 0 Å². The van der Waals surface area contributed by atoms with Crippen LogP contribution in [0, 0.1) is 0 Å². The lowest BCUT2D eigenvalue weighted by Crippen LogP contribution is -2.07. The number of aromatic nitrogens is 4. The molecular formula is C21H23N5O2S. The van der Waals surface area contributed by atoms with E-state index in [1.54, 1.807) is 28.9 Å². The number of hydrogen-bond acceptors (Lipinski definition) is 6. The van der Waals surface area contributed by atoms with Crippen LogP contribution in [0.3, 0.4) is 0 Å². The van der Waals surface area contributed by atoms with Crippen molar-refractivity contribution in [2.75, 3.05) is 11.1 Å². The molecule has 3 rings (SSSR count). The van der Waals surface area contributed by atoms with Crippen molar-refractivity contribution in [1.29, 1.82) is 0 Å². The van der Waals surface area contributed by atoms with E-state index < -0.39 is 0 Å². The van der Waals surface area contributed by atoms with Gasteiger partial charge in [0.15, 0.2) is 5.78 Å². The van der Waals surface area contributed by atoms with Gasteiger partial charge in [0.25, 0.3) is 0 Å². The molecule has 0 fully saturated rings. The molecule has 3 aromatic rings. The van der Waals surface area contributed by atoms with Gasteiger partial charge in [-0.1, -0.05) is 37.2 Å². The van der Waals surface area contributed by atoms with E-state index in [4.69, 9.17) is 0 Å². The van der Waals surface area contributed by atoms with Crippen LogP contribution in [0.15, 0.2) is 53.7 Å². The number of benzene rings is 2. The number of amides is 1. The molecule has 0 atom stereocenters. The van der Waals surface area contributed by atoms with Gasteiger partial charge in [-0.3, -0.25) is 9.59 Å². The van der Waals surface area contributed by atoms with Gasteiger partial charge >= 0.3 is 0 Å². The van der Waals surface area contributed by atoms with E-state index in [1.165, 1.54) is 37.1 Å². The minimum Gasteiger partial charge on any atom is -0.326 e. The number of anilines is 1. The Morgan fingerprint density at radius 3 is 2.45 bits per heavy atom. The summed E-state index contributed by atoms with van der Waals surface area (Å²) >= 11 is 1.29. The van der Waals surface area contributed by atoms with Gasteiger partial charge in [0, 0.05) is 18.2 Å². The monoisotopic (exact) mass is 409 g/mol. The smallest absolute Gasteiger partial charge is 0.221 e. The first-order valence-electron chi connectivity index (χ1n) is 9.48. The van der Waals surface area contributed by atoms with Crippen molar-refractivity contribution in [2.24, 2.45) is 0 Å². The average molecular weight is 410 g/mol. The summed E-state index contributed by atoms with van der Waals surface area (Å²) in [6.07, 6.45) is 3.39. The number of nitrogens with one attached hydrogen (secondary N) is 1. The van der Waals surface area contributed by atoms with Gasteiger partial charge in [-0.2, -0.15) is 4.68 Å². The van der Waals surface area contributed by atoms with E-state index in [0.29, 0.717) is 16.4 Å². The summed E-state index contributed by atoms with van der Waals surface area (Å²) in [5, 5.41) is 15.1. The third-order valence-corrected chi connectivity index (χ3v) is 5.22. The largest absolute Gasteiger partial charge is 0.326 e. The molecular weight excluding hydrogens is 386 g/mol. The molecule has 1 aromatic heterocycles. The zero-order chi connectivity index (χ0) is 20.6. The molecule has 1 N–H and O–H groups in total. The third kappa shape index (κ3) is 5.74. The normalized spacial score (nSPS) is 10.7. The van der Waals surface area contributed by atoms with Crippen molar-refractivity contribution in [3.8, 4) is 5.69 Å². The van der Waals surface area contributed by atoms with E-state index in [9.17, 15) is 9.59 Å². The minimum absolute atomic E-state index is 0.0335. The topological polar surface area (TPSA) is 89.8 Å². The van der Waals surface area contributed by atoms with Crippen molar-refractivity contribution < 1.29 is 9.59 Å². The van der Waals surface area contributed by atoms with Crippen LogP contribution in [0.25, 0.3) is 5.69 Å². The summed E-state index contributed by atoms with van der Waals surface area (Å²) in [7, 11) is 0. The van der Waals surface area contributed by atoms with E-state index in [2.05, 4.69) is 39.9 Å². The molecule has 7 nitrogen and oxygen atoms in total. The van der Waals surface area contributed by atoms with Crippen LogP contribution >= 0.6 is 11.8 Å². The molecule has 1 amide bonds. The molecule has 0 aliphatic heterocycles. The molecule has 2 aromatic carbocycles. The number of rotatable bonds is 9. The molecule has 0 saturated heterocycles. The Morgan fingerprint density at radius 2 is 1.79 bits per heavy atom. The highest BCUT2D eigenvalue weighted by Crippen LogP contribution is 2.21. The van der Waals surface area contributed by atoms with Crippen molar-refractivity contribution >= 4 is 29.1 Å². The summed E-state index contributed by atoms with van der Waals surface area (Å²) in [5.74, 6) is 0.0350. The second-order valence-corrected chi connectivity index (χ2v) is 7.56. The number of aryl methyl sites for hydroxylation is 1. The Hall–Kier alpha value is -3.00. The summed E-state index contributed by atoms with van der Waals surface area (Å²) in [4.78, 5) is 23.6. The molecule has 0 aliphatic carbocycles. The van der Waals surface area contributed by atoms with Crippen molar-refractivity contribution in [3.05, 3.63) is 59.7 Å². The fourth-order valence-corrected chi connectivity index (χ4v) is 3.56. The average Bonchev–Trinajstić information content (AvgIpc) is 3.19. The van der Waals surface area contributed by atoms with Crippen LogP contribution in [-0.4, -0.2) is 37.7 Å². The van der Waals surface area contributed by atoms with Crippen LogP contribution < -0.4 is 5.32 Å². The first-order chi connectivity index (χ1) is 14.1. The van der Waals surface area contributed by atoms with Crippen LogP contribution in [0.5, 0.6) is 0 Å². The van der Waals surface area contributed by atoms with E-state index in [1.807, 2.05) is 12.1 Å². The number of nitrogens with zero attached hydrogens (tertiary/aromatic N) is 4. The number of unbranched alkanes of at least 4 members (excludes halogenated alkanes) is 1. The molecule has 0 unspecified atom stereocenters. The lowest BCUT2D eigenvalue weighted by molar-refractivity contribution is -0.114. The quantitative estimate of drug-likeness (QED) is 0.425. The SMILES string of the molecule is CCCCc1ccc(-n2nnnc2SCC(=O)c2ccc(NC(C)=O)cc2)cc1. The maximum Gasteiger partial charge on any atom is 0.221 e. The first kappa shape index (κ1) is 20.7. The Balaban J connectivity index is 1.62. The van der Waals surface area contributed by atoms with Gasteiger partial charge in [0.05, 0.1) is 11.4 Å². The van der Waals surface area contributed by atoms with Gasteiger partial charge in [-0.15, -0.1) is 5.10 Å². The highest BCUT2D eigenvalue weighted by Gasteiger charge is 2.13. The highest BCUT2D eigenvalue weighted by atomic mass is 32.2. The second-order valence-electron chi connectivity index (χ2n) is 6.61. The summed E-state index contributed by atoms with van der Waals surface area (Å²) in [6.45, 7) is 3.62. The molecule has 29 heavy (non-hydrogen) atoms. The number of thioether (sulfide) groups is 1. The Labute approximate surface area is 173 Å². The van der Waals surface area contributed by atoms with E-state index in [-0.39, 0.29) is 17.4 Å². The van der Waals surface area contributed by atoms with Crippen molar-refractivity contribution in [1.82, 2.24) is 20.2 Å². The van der Waals surface area contributed by atoms with E-state index in [0.717, 1.165) is 12.1 Å². The lowest BCUT2D eigenvalue weighted by atomic mass is 10.1. The molecule has 0 aliphatic rings. The Kier molecular flexibility index (Phi) is 7.13. The van der Waals surface area contributed by atoms with Gasteiger partial charge in [0.1, 0.15) is 0 Å². The summed E-state index contributed by atoms with van der Waals surface area (Å²) in [6, 6.07) is 15.0. The van der Waals surface area contributed by atoms with Gasteiger partial charge in [-0.25, -0.2) is 0 Å². The molecule has 0 radical (unpaired) electrons. The van der Waals surface area contributed by atoms with Crippen LogP contribution in [0.1, 0.15) is 42.6 Å². The molecule has 0 saturated carbocycles. The van der Waals surface area contributed by atoms with E-state index >= 15 is 0 Å². The zero-order valence-electron chi connectivity index (χ0n) is 16.5. The van der Waals surface area contributed by atoms with Crippen LogP contribution in [0.4, 0.5) is 5.69 Å². The Bertz CT molecular complexity index is 967. The third-order valence-electron chi connectivity index (χ3n) is 4.30. The number of ketones is 1. The van der Waals surface area contributed by atoms with Crippen molar-refractivity contribution in [3.63, 3.8) is 0 Å². The number of tetrazole rings is 1. The lowest BCUT2D eigenvalue weighted by Gasteiger charge is -2.06. The molecule has 150 valence electrons. The summed E-state index contributed by atoms with van der Waals surface area (Å²) < 4.78 is 1.64. The number of hydrogen-bond donors (Lipinski definition) is 1. The van der Waals surface area contributed by atoms with Gasteiger partial charge < -0.3 is 5.32 Å². The van der Waals surface area contributed by atoms with Gasteiger partial charge in [0.2, 0.25) is 11.1 Å². The fourth-order valence-electron chi connectivity index (χ4n) is 2.77. The second kappa shape index (κ2) is 9.97. The number of carbonyl (C=O) groups is 2. The molecule has 8 heteroatoms. The first-order valence-corrected chi connectivity index (χ1v) is 10.5.